The van der Waals surface area contributed by atoms with Gasteiger partial charge >= 0.3 is 5.97 Å². The second kappa shape index (κ2) is 9.43. The van der Waals surface area contributed by atoms with Crippen LogP contribution in [0.25, 0.3) is 0 Å². The first-order valence-corrected chi connectivity index (χ1v) is 13.9. The molecule has 2 aliphatic rings. The van der Waals surface area contributed by atoms with Crippen molar-refractivity contribution in [2.75, 3.05) is 13.1 Å². The Balaban J connectivity index is 1.47. The number of hydrogen-bond acceptors (Lipinski definition) is 5. The number of nitrogens with zero attached hydrogens (tertiary/aromatic N) is 1. The van der Waals surface area contributed by atoms with Gasteiger partial charge in [-0.25, -0.2) is 12.7 Å². The molecule has 0 amide bonds. The van der Waals surface area contributed by atoms with Crippen molar-refractivity contribution in [3.63, 3.8) is 0 Å². The number of rotatable bonds is 5. The lowest BCUT2D eigenvalue weighted by Crippen LogP contribution is -2.42. The Morgan fingerprint density at radius 2 is 1.88 bits per heavy atom. The zero-order chi connectivity index (χ0) is 23.8. The van der Waals surface area contributed by atoms with Crippen LogP contribution in [0.2, 0.25) is 0 Å². The second-order valence-electron chi connectivity index (χ2n) is 10.1. The summed E-state index contributed by atoms with van der Waals surface area (Å²) in [6.45, 7) is 8.20. The molecule has 2 aromatic rings. The van der Waals surface area contributed by atoms with Crippen molar-refractivity contribution in [1.29, 1.82) is 0 Å². The number of benzene rings is 2. The maximum Gasteiger partial charge on any atom is 0.306 e. The van der Waals surface area contributed by atoms with Crippen molar-refractivity contribution in [1.82, 2.24) is 4.31 Å². The van der Waals surface area contributed by atoms with Gasteiger partial charge in [0.1, 0.15) is 5.60 Å². The summed E-state index contributed by atoms with van der Waals surface area (Å²) in [7, 11) is -3.53. The largest absolute Gasteiger partial charge is 0.460 e. The van der Waals surface area contributed by atoms with Crippen LogP contribution in [0.4, 0.5) is 0 Å². The molecule has 2 aliphatic heterocycles. The number of fused-ring (bicyclic) bond motifs is 2. The summed E-state index contributed by atoms with van der Waals surface area (Å²) < 4.78 is 34.1. The maximum atomic E-state index is 13.5. The van der Waals surface area contributed by atoms with Gasteiger partial charge in [-0.05, 0) is 81.7 Å². The smallest absolute Gasteiger partial charge is 0.306 e. The summed E-state index contributed by atoms with van der Waals surface area (Å²) in [5.41, 5.74) is 2.75. The molecular weight excluding hydrogens is 454 g/mol. The van der Waals surface area contributed by atoms with E-state index in [1.54, 1.807) is 23.0 Å². The van der Waals surface area contributed by atoms with Crippen LogP contribution in [0.1, 0.15) is 68.9 Å². The number of ether oxygens (including phenoxy) is 1. The van der Waals surface area contributed by atoms with E-state index in [0.29, 0.717) is 13.1 Å². The normalized spacial score (nSPS) is 19.9. The molecule has 5 nitrogen and oxygen atoms in total. The molecule has 4 rings (SSSR count). The molecule has 0 aliphatic carbocycles. The van der Waals surface area contributed by atoms with E-state index < -0.39 is 20.9 Å². The van der Waals surface area contributed by atoms with Crippen LogP contribution in [0.3, 0.4) is 0 Å². The van der Waals surface area contributed by atoms with Crippen molar-refractivity contribution in [3.8, 4) is 0 Å². The molecule has 0 spiro atoms. The van der Waals surface area contributed by atoms with E-state index in [2.05, 4.69) is 30.3 Å². The van der Waals surface area contributed by atoms with Gasteiger partial charge in [0.15, 0.2) is 0 Å². The number of hydrogen-bond donors (Lipinski definition) is 0. The molecule has 1 unspecified atom stereocenters. The van der Waals surface area contributed by atoms with Gasteiger partial charge in [-0.15, -0.1) is 0 Å². The second-order valence-corrected chi connectivity index (χ2v) is 13.4. The molecule has 0 aromatic heterocycles. The molecule has 0 bridgehead atoms. The van der Waals surface area contributed by atoms with Crippen molar-refractivity contribution in [2.45, 2.75) is 74.0 Å². The summed E-state index contributed by atoms with van der Waals surface area (Å²) >= 11 is 1.74. The summed E-state index contributed by atoms with van der Waals surface area (Å²) in [5, 5.41) is -0.634. The Bertz CT molecular complexity index is 1140. The SMILES string of the molecule is CC(c1ccc2c(c1)Cc1ccccc1S2)S(=O)(=O)N1CCC[C@@H](CC(=O)OC(C)(C)C)C1. The lowest BCUT2D eigenvalue weighted by atomic mass is 9.96. The summed E-state index contributed by atoms with van der Waals surface area (Å²) in [6.07, 6.45) is 2.68. The van der Waals surface area contributed by atoms with Crippen LogP contribution in [0, 0.1) is 5.92 Å². The summed E-state index contributed by atoms with van der Waals surface area (Å²) in [5.74, 6) is -0.265. The Morgan fingerprint density at radius 3 is 2.64 bits per heavy atom. The third-order valence-corrected chi connectivity index (χ3v) is 9.74. The molecule has 1 saturated heterocycles. The van der Waals surface area contributed by atoms with Gasteiger partial charge in [0.25, 0.3) is 0 Å². The minimum Gasteiger partial charge on any atom is -0.460 e. The number of carbonyl (C=O) groups excluding carboxylic acids is 1. The summed E-state index contributed by atoms with van der Waals surface area (Å²) in [4.78, 5) is 14.7. The first kappa shape index (κ1) is 24.3. The van der Waals surface area contributed by atoms with E-state index in [0.717, 1.165) is 24.8 Å². The molecule has 0 N–H and O–H groups in total. The lowest BCUT2D eigenvalue weighted by molar-refractivity contribution is -0.156. The van der Waals surface area contributed by atoms with E-state index in [1.165, 1.54) is 20.9 Å². The average Bonchev–Trinajstić information content (AvgIpc) is 2.75. The fraction of sp³-hybridized carbons (Fsp3) is 0.500. The third-order valence-electron chi connectivity index (χ3n) is 6.29. The fourth-order valence-corrected chi connectivity index (χ4v) is 7.40. The Hall–Kier alpha value is -1.83. The van der Waals surface area contributed by atoms with E-state index >= 15 is 0 Å². The zero-order valence-electron chi connectivity index (χ0n) is 19.8. The molecular formula is C26H33NO4S2. The van der Waals surface area contributed by atoms with Gasteiger partial charge in [0.05, 0.1) is 5.25 Å². The lowest BCUT2D eigenvalue weighted by Gasteiger charge is -2.34. The van der Waals surface area contributed by atoms with Gasteiger partial charge in [-0.3, -0.25) is 4.79 Å². The molecule has 2 heterocycles. The number of carbonyl (C=O) groups is 1. The van der Waals surface area contributed by atoms with Gasteiger partial charge in [0, 0.05) is 29.3 Å². The van der Waals surface area contributed by atoms with Crippen LogP contribution >= 0.6 is 11.8 Å². The highest BCUT2D eigenvalue weighted by atomic mass is 32.2. The van der Waals surface area contributed by atoms with Crippen molar-refractivity contribution >= 4 is 27.8 Å². The predicted molar refractivity (Wildman–Crippen MR) is 132 cm³/mol. The Kier molecular flexibility index (Phi) is 6.95. The molecule has 2 atom stereocenters. The van der Waals surface area contributed by atoms with Gasteiger partial charge in [-0.1, -0.05) is 42.1 Å². The van der Waals surface area contributed by atoms with Crippen molar-refractivity contribution in [2.24, 2.45) is 5.92 Å². The minimum absolute atomic E-state index is 0.00740. The van der Waals surface area contributed by atoms with Crippen LogP contribution in [-0.2, 0) is 26.0 Å². The minimum atomic E-state index is -3.53. The molecule has 0 radical (unpaired) electrons. The Labute approximate surface area is 202 Å². The third kappa shape index (κ3) is 5.64. The maximum absolute atomic E-state index is 13.5. The van der Waals surface area contributed by atoms with Crippen molar-refractivity contribution < 1.29 is 17.9 Å². The van der Waals surface area contributed by atoms with Gasteiger partial charge in [0.2, 0.25) is 10.0 Å². The topological polar surface area (TPSA) is 63.7 Å². The highest BCUT2D eigenvalue weighted by Gasteiger charge is 2.35. The van der Waals surface area contributed by atoms with Crippen LogP contribution < -0.4 is 0 Å². The van der Waals surface area contributed by atoms with Crippen LogP contribution in [-0.4, -0.2) is 37.4 Å². The molecule has 7 heteroatoms. The monoisotopic (exact) mass is 487 g/mol. The first-order valence-electron chi connectivity index (χ1n) is 11.6. The number of esters is 1. The fourth-order valence-electron chi connectivity index (χ4n) is 4.60. The average molecular weight is 488 g/mol. The van der Waals surface area contributed by atoms with E-state index in [-0.39, 0.29) is 18.3 Å². The standard InChI is InChI=1S/C26H33NO4S2/c1-18(20-11-12-24-22(15-20)16-21-9-5-6-10-23(21)32-24)33(29,30)27-13-7-8-19(17-27)14-25(28)31-26(2,3)4/h5-6,9-12,15,18-19H,7-8,13-14,16-17H2,1-4H3/t18?,19-/m0/s1. The molecule has 0 saturated carbocycles. The highest BCUT2D eigenvalue weighted by molar-refractivity contribution is 7.99. The summed E-state index contributed by atoms with van der Waals surface area (Å²) in [6, 6.07) is 14.4. The quantitative estimate of drug-likeness (QED) is 0.440. The van der Waals surface area contributed by atoms with Crippen LogP contribution in [0.15, 0.2) is 52.3 Å². The number of sulfonamides is 1. The molecule has 33 heavy (non-hydrogen) atoms. The zero-order valence-corrected chi connectivity index (χ0v) is 21.5. The van der Waals surface area contributed by atoms with Gasteiger partial charge in [-0.2, -0.15) is 0 Å². The number of piperidine rings is 1. The van der Waals surface area contributed by atoms with Crippen molar-refractivity contribution in [3.05, 3.63) is 59.2 Å². The molecule has 2 aromatic carbocycles. The molecule has 178 valence electrons. The predicted octanol–water partition coefficient (Wildman–Crippen LogP) is 5.58. The van der Waals surface area contributed by atoms with Gasteiger partial charge < -0.3 is 4.74 Å². The van der Waals surface area contributed by atoms with E-state index in [1.807, 2.05) is 32.9 Å². The van der Waals surface area contributed by atoms with Crippen LogP contribution in [0.5, 0.6) is 0 Å². The van der Waals surface area contributed by atoms with E-state index in [9.17, 15) is 13.2 Å². The Morgan fingerprint density at radius 1 is 1.15 bits per heavy atom. The molecule has 1 fully saturated rings. The highest BCUT2D eigenvalue weighted by Crippen LogP contribution is 2.41. The van der Waals surface area contributed by atoms with E-state index in [4.69, 9.17) is 4.74 Å². The first-order chi connectivity index (χ1) is 15.5.